The van der Waals surface area contributed by atoms with E-state index >= 15 is 0 Å². The molecule has 0 N–H and O–H groups in total. The molecule has 1 aromatic heterocycles. The van der Waals surface area contributed by atoms with Crippen LogP contribution in [0.3, 0.4) is 0 Å². The standard InChI is InChI=1S/C39H26S/c1-25-20-22-26(23-21-25)37-31-13-2-4-15-33(31)38(34-16-5-3-14-32(34)37)28-11-8-10-27(24-28)29-17-9-18-35-30-12-6-7-19-36(30)40-39(29)35/h2-24H,1H3. The Hall–Kier alpha value is -4.72. The molecule has 0 fully saturated rings. The van der Waals surface area contributed by atoms with E-state index in [2.05, 4.69) is 146 Å². The van der Waals surface area contributed by atoms with Crippen LogP contribution in [-0.2, 0) is 0 Å². The first kappa shape index (κ1) is 23.2. The molecule has 0 saturated carbocycles. The predicted octanol–water partition coefficient (Wildman–Crippen LogP) is 11.7. The average molecular weight is 527 g/mol. The van der Waals surface area contributed by atoms with Gasteiger partial charge in [0.05, 0.1) is 0 Å². The van der Waals surface area contributed by atoms with E-state index in [-0.39, 0.29) is 0 Å². The van der Waals surface area contributed by atoms with Crippen LogP contribution in [0, 0.1) is 6.92 Å². The van der Waals surface area contributed by atoms with Crippen molar-refractivity contribution in [1.82, 2.24) is 0 Å². The highest BCUT2D eigenvalue weighted by Gasteiger charge is 2.17. The maximum Gasteiger partial charge on any atom is 0.0433 e. The van der Waals surface area contributed by atoms with Crippen LogP contribution in [0.15, 0.2) is 140 Å². The van der Waals surface area contributed by atoms with Gasteiger partial charge in [-0.15, -0.1) is 11.3 Å². The molecule has 0 aliphatic rings. The van der Waals surface area contributed by atoms with Crippen LogP contribution >= 0.6 is 11.3 Å². The summed E-state index contributed by atoms with van der Waals surface area (Å²) in [5, 5.41) is 7.82. The van der Waals surface area contributed by atoms with Gasteiger partial charge >= 0.3 is 0 Å². The van der Waals surface area contributed by atoms with Gasteiger partial charge in [-0.05, 0) is 74.0 Å². The topological polar surface area (TPSA) is 0 Å². The predicted molar refractivity (Wildman–Crippen MR) is 175 cm³/mol. The van der Waals surface area contributed by atoms with Crippen LogP contribution in [0.5, 0.6) is 0 Å². The number of hydrogen-bond donors (Lipinski definition) is 0. The fourth-order valence-electron chi connectivity index (χ4n) is 6.29. The third-order valence-electron chi connectivity index (χ3n) is 8.14. The molecule has 0 aliphatic heterocycles. The summed E-state index contributed by atoms with van der Waals surface area (Å²) in [5.41, 5.74) is 8.94. The van der Waals surface area contributed by atoms with Crippen LogP contribution in [0.1, 0.15) is 5.56 Å². The van der Waals surface area contributed by atoms with Crippen LogP contribution < -0.4 is 0 Å². The van der Waals surface area contributed by atoms with Gasteiger partial charge in [-0.2, -0.15) is 0 Å². The van der Waals surface area contributed by atoms with E-state index in [0.717, 1.165) is 0 Å². The summed E-state index contributed by atoms with van der Waals surface area (Å²) < 4.78 is 2.69. The Morgan fingerprint density at radius 2 is 0.925 bits per heavy atom. The summed E-state index contributed by atoms with van der Waals surface area (Å²) in [7, 11) is 0. The van der Waals surface area contributed by atoms with Gasteiger partial charge in [-0.25, -0.2) is 0 Å². The molecule has 0 bridgehead atoms. The summed E-state index contributed by atoms with van der Waals surface area (Å²) in [6, 6.07) is 51.3. The van der Waals surface area contributed by atoms with Crippen molar-refractivity contribution in [2.45, 2.75) is 6.92 Å². The monoisotopic (exact) mass is 526 g/mol. The maximum atomic E-state index is 2.39. The Balaban J connectivity index is 1.41. The van der Waals surface area contributed by atoms with E-state index in [9.17, 15) is 0 Å². The summed E-state index contributed by atoms with van der Waals surface area (Å²) in [6.07, 6.45) is 0. The fraction of sp³-hybridized carbons (Fsp3) is 0.0256. The lowest BCUT2D eigenvalue weighted by molar-refractivity contribution is 1.47. The Bertz CT molecular complexity index is 2160. The minimum Gasteiger partial charge on any atom is -0.135 e. The van der Waals surface area contributed by atoms with Crippen LogP contribution in [0.2, 0.25) is 0 Å². The van der Waals surface area contributed by atoms with Crippen molar-refractivity contribution in [2.75, 3.05) is 0 Å². The first-order valence-corrected chi connectivity index (χ1v) is 14.6. The maximum absolute atomic E-state index is 2.39. The second kappa shape index (κ2) is 9.19. The molecule has 0 spiro atoms. The zero-order chi connectivity index (χ0) is 26.6. The van der Waals surface area contributed by atoms with Crippen molar-refractivity contribution in [3.05, 3.63) is 145 Å². The van der Waals surface area contributed by atoms with Gasteiger partial charge in [0.2, 0.25) is 0 Å². The fourth-order valence-corrected chi connectivity index (χ4v) is 7.53. The third-order valence-corrected chi connectivity index (χ3v) is 9.36. The first-order chi connectivity index (χ1) is 19.8. The molecule has 0 nitrogen and oxygen atoms in total. The molecule has 0 atom stereocenters. The first-order valence-electron chi connectivity index (χ1n) is 13.8. The van der Waals surface area contributed by atoms with Crippen molar-refractivity contribution in [3.8, 4) is 33.4 Å². The molecule has 8 aromatic rings. The number of fused-ring (bicyclic) bond motifs is 5. The molecule has 0 amide bonds. The van der Waals surface area contributed by atoms with Gasteiger partial charge in [0.1, 0.15) is 0 Å². The molecule has 0 aliphatic carbocycles. The van der Waals surface area contributed by atoms with Gasteiger partial charge < -0.3 is 0 Å². The Labute approximate surface area is 237 Å². The van der Waals surface area contributed by atoms with E-state index in [1.54, 1.807) is 0 Å². The van der Waals surface area contributed by atoms with Crippen molar-refractivity contribution in [3.63, 3.8) is 0 Å². The lowest BCUT2D eigenvalue weighted by Gasteiger charge is -2.18. The van der Waals surface area contributed by atoms with Gasteiger partial charge in [-0.3, -0.25) is 0 Å². The molecule has 1 heterocycles. The average Bonchev–Trinajstić information content (AvgIpc) is 3.39. The van der Waals surface area contributed by atoms with Crippen LogP contribution in [0.4, 0.5) is 0 Å². The normalized spacial score (nSPS) is 11.6. The Morgan fingerprint density at radius 3 is 1.60 bits per heavy atom. The molecular formula is C39H26S. The summed E-state index contributed by atoms with van der Waals surface area (Å²) in [4.78, 5) is 0. The van der Waals surface area contributed by atoms with E-state index in [1.165, 1.54) is 80.7 Å². The number of rotatable bonds is 3. The van der Waals surface area contributed by atoms with Crippen molar-refractivity contribution in [2.24, 2.45) is 0 Å². The zero-order valence-corrected chi connectivity index (χ0v) is 23.0. The largest absolute Gasteiger partial charge is 0.135 e. The van der Waals surface area contributed by atoms with Gasteiger partial charge in [-0.1, -0.05) is 133 Å². The SMILES string of the molecule is Cc1ccc(-c2c3ccccc3c(-c3cccc(-c4cccc5c4sc4ccccc45)c3)c3ccccc23)cc1. The van der Waals surface area contributed by atoms with E-state index in [4.69, 9.17) is 0 Å². The van der Waals surface area contributed by atoms with Crippen LogP contribution in [-0.4, -0.2) is 0 Å². The Morgan fingerprint density at radius 1 is 0.400 bits per heavy atom. The second-order valence-electron chi connectivity index (χ2n) is 10.6. The number of hydrogen-bond acceptors (Lipinski definition) is 1. The van der Waals surface area contributed by atoms with Crippen molar-refractivity contribution >= 4 is 53.1 Å². The Kier molecular flexibility index (Phi) is 5.33. The lowest BCUT2D eigenvalue weighted by atomic mass is 9.85. The molecule has 1 heteroatoms. The molecule has 7 aromatic carbocycles. The van der Waals surface area contributed by atoms with Gasteiger partial charge in [0, 0.05) is 20.2 Å². The number of benzene rings is 7. The number of aryl methyl sites for hydroxylation is 1. The summed E-state index contributed by atoms with van der Waals surface area (Å²) in [5.74, 6) is 0. The molecule has 8 rings (SSSR count). The minimum absolute atomic E-state index is 1.25. The summed E-state index contributed by atoms with van der Waals surface area (Å²) >= 11 is 1.89. The quantitative estimate of drug-likeness (QED) is 0.201. The smallest absolute Gasteiger partial charge is 0.0433 e. The zero-order valence-electron chi connectivity index (χ0n) is 22.2. The molecule has 40 heavy (non-hydrogen) atoms. The van der Waals surface area contributed by atoms with E-state index < -0.39 is 0 Å². The highest BCUT2D eigenvalue weighted by atomic mass is 32.1. The van der Waals surface area contributed by atoms with Gasteiger partial charge in [0.25, 0.3) is 0 Å². The molecule has 188 valence electrons. The summed E-state index contributed by atoms with van der Waals surface area (Å²) in [6.45, 7) is 2.15. The van der Waals surface area contributed by atoms with E-state index in [1.807, 2.05) is 11.3 Å². The van der Waals surface area contributed by atoms with Crippen LogP contribution in [0.25, 0.3) is 75.1 Å². The lowest BCUT2D eigenvalue weighted by Crippen LogP contribution is -1.91. The molecular weight excluding hydrogens is 500 g/mol. The molecule has 0 saturated heterocycles. The minimum atomic E-state index is 1.25. The third kappa shape index (κ3) is 3.59. The van der Waals surface area contributed by atoms with E-state index in [0.29, 0.717) is 0 Å². The highest BCUT2D eigenvalue weighted by molar-refractivity contribution is 7.26. The highest BCUT2D eigenvalue weighted by Crippen LogP contribution is 2.45. The number of thiophene rings is 1. The molecule has 0 unspecified atom stereocenters. The molecule has 0 radical (unpaired) electrons. The van der Waals surface area contributed by atoms with Crippen molar-refractivity contribution in [1.29, 1.82) is 0 Å². The van der Waals surface area contributed by atoms with Crippen molar-refractivity contribution < 1.29 is 0 Å². The van der Waals surface area contributed by atoms with Gasteiger partial charge in [0.15, 0.2) is 0 Å². The second-order valence-corrected chi connectivity index (χ2v) is 11.6.